The molecule has 4 N–H and O–H groups in total. The minimum Gasteiger partial charge on any atom is -1.00 e. The van der Waals surface area contributed by atoms with E-state index in [1.165, 1.54) is 0 Å². The average molecular weight is 729 g/mol. The molecule has 0 saturated heterocycles. The molecule has 0 amide bonds. The number of rotatable bonds is 16. The van der Waals surface area contributed by atoms with Crippen molar-refractivity contribution < 1.29 is 33.9 Å². The van der Waals surface area contributed by atoms with Crippen molar-refractivity contribution in [3.63, 3.8) is 0 Å². The van der Waals surface area contributed by atoms with E-state index < -0.39 is 0 Å². The zero-order valence-electron chi connectivity index (χ0n) is 27.7. The number of benzene rings is 2. The summed E-state index contributed by atoms with van der Waals surface area (Å²) < 4.78 is 7.67. The first-order chi connectivity index (χ1) is 22.8. The third-order valence-electron chi connectivity index (χ3n) is 7.07. The molecule has 0 aliphatic carbocycles. The van der Waals surface area contributed by atoms with Gasteiger partial charge < -0.3 is 46.1 Å². The van der Waals surface area contributed by atoms with Gasteiger partial charge in [0.25, 0.3) is 0 Å². The van der Waals surface area contributed by atoms with Crippen LogP contribution in [-0.4, -0.2) is 50.3 Å². The van der Waals surface area contributed by atoms with Gasteiger partial charge in [-0.25, -0.2) is 18.3 Å². The molecule has 3 aromatic heterocycles. The quantitative estimate of drug-likeness (QED) is 0.0609. The van der Waals surface area contributed by atoms with E-state index in [-0.39, 0.29) is 30.1 Å². The van der Waals surface area contributed by atoms with Crippen molar-refractivity contribution in [1.29, 1.82) is 0 Å². The molecule has 0 aliphatic heterocycles. The number of aromatic nitrogens is 7. The number of hydrogen-bond acceptors (Lipinski definition) is 11. The molecule has 2 aromatic carbocycles. The molecular weight excluding hydrogens is 689 g/mol. The number of imidazole rings is 2. The van der Waals surface area contributed by atoms with E-state index in [9.17, 15) is 0 Å². The van der Waals surface area contributed by atoms with E-state index in [1.54, 1.807) is 0 Å². The maximum Gasteiger partial charge on any atom is 0.421 e. The fourth-order valence-corrected chi connectivity index (χ4v) is 4.65. The zero-order valence-corrected chi connectivity index (χ0v) is 30.0. The number of halogens is 3. The van der Waals surface area contributed by atoms with Crippen LogP contribution in [0.2, 0.25) is 5.28 Å². The summed E-state index contributed by atoms with van der Waals surface area (Å²) in [5.74, 6) is 2.41. The van der Waals surface area contributed by atoms with Crippen LogP contribution >= 0.6 is 11.6 Å². The summed E-state index contributed by atoms with van der Waals surface area (Å²) in [5.41, 5.74) is 3.59. The average Bonchev–Trinajstić information content (AvgIpc) is 3.57. The molecule has 18 heteroatoms. The predicted molar refractivity (Wildman–Crippen MR) is 182 cm³/mol. The van der Waals surface area contributed by atoms with Gasteiger partial charge in [-0.15, -0.1) is 0 Å². The lowest BCUT2D eigenvalue weighted by molar-refractivity contribution is -0.657. The molecule has 49 heavy (non-hydrogen) atoms. The van der Waals surface area contributed by atoms with Crippen LogP contribution in [0, 0.1) is 0 Å². The second-order valence-electron chi connectivity index (χ2n) is 10.8. The SMILES string of the molecule is Cn1cc[n+](C)c1N=Nc1ccc(NCCCNc2nc(Cl)nc(NCCCNc3ccc(N=Nc4n(C)cc[n+]4C)cc3)n2)cc1.[Cl-].[Cl-]. The number of hydrogen-bond donors (Lipinski definition) is 4. The fraction of sp³-hybridized carbons (Fsp3) is 0.323. The van der Waals surface area contributed by atoms with Crippen molar-refractivity contribution in [2.75, 3.05) is 47.4 Å². The van der Waals surface area contributed by atoms with Crippen molar-refractivity contribution in [2.24, 2.45) is 48.6 Å². The second kappa shape index (κ2) is 19.2. The smallest absolute Gasteiger partial charge is 0.421 e. The summed E-state index contributed by atoms with van der Waals surface area (Å²) in [7, 11) is 7.75. The molecule has 5 rings (SSSR count). The summed E-state index contributed by atoms with van der Waals surface area (Å²) >= 11 is 6.15. The lowest BCUT2D eigenvalue weighted by atomic mass is 10.3. The normalized spacial score (nSPS) is 11.0. The van der Waals surface area contributed by atoms with Crippen LogP contribution < -0.4 is 55.2 Å². The number of anilines is 4. The van der Waals surface area contributed by atoms with Gasteiger partial charge in [-0.2, -0.15) is 15.0 Å². The van der Waals surface area contributed by atoms with Gasteiger partial charge in [0.05, 0.1) is 53.0 Å². The largest absolute Gasteiger partial charge is 1.00 e. The molecule has 0 spiro atoms. The van der Waals surface area contributed by atoms with Gasteiger partial charge in [0.15, 0.2) is 0 Å². The molecule has 0 bridgehead atoms. The predicted octanol–water partition coefficient (Wildman–Crippen LogP) is -0.482. The van der Waals surface area contributed by atoms with E-state index >= 15 is 0 Å². The summed E-state index contributed by atoms with van der Waals surface area (Å²) in [6.07, 6.45) is 9.44. The van der Waals surface area contributed by atoms with Crippen molar-refractivity contribution in [2.45, 2.75) is 12.8 Å². The molecule has 0 unspecified atom stereocenters. The zero-order chi connectivity index (χ0) is 33.0. The van der Waals surface area contributed by atoms with Crippen LogP contribution in [0.15, 0.2) is 93.8 Å². The first-order valence-electron chi connectivity index (χ1n) is 15.3. The van der Waals surface area contributed by atoms with Gasteiger partial charge >= 0.3 is 11.9 Å². The van der Waals surface area contributed by atoms with Gasteiger partial charge in [0, 0.05) is 47.8 Å². The molecule has 0 aliphatic rings. The van der Waals surface area contributed by atoms with E-state index in [0.29, 0.717) is 25.0 Å². The number of azo groups is 2. The highest BCUT2D eigenvalue weighted by atomic mass is 35.5. The highest BCUT2D eigenvalue weighted by Crippen LogP contribution is 2.20. The summed E-state index contributed by atoms with van der Waals surface area (Å²) in [4.78, 5) is 12.8. The molecule has 5 aromatic rings. The third kappa shape index (κ3) is 11.7. The van der Waals surface area contributed by atoms with Crippen LogP contribution in [0.5, 0.6) is 0 Å². The second-order valence-corrected chi connectivity index (χ2v) is 11.1. The molecule has 260 valence electrons. The molecule has 0 radical (unpaired) electrons. The molecule has 0 atom stereocenters. The lowest BCUT2D eigenvalue weighted by Gasteiger charge is -2.10. The van der Waals surface area contributed by atoms with Crippen molar-refractivity contribution in [3.05, 3.63) is 78.6 Å². The maximum atomic E-state index is 6.15. The van der Waals surface area contributed by atoms with Crippen molar-refractivity contribution in [1.82, 2.24) is 24.1 Å². The Hall–Kier alpha value is -4.86. The van der Waals surface area contributed by atoms with Gasteiger partial charge in [0.2, 0.25) is 17.2 Å². The number of aryl methyl sites for hydroxylation is 4. The highest BCUT2D eigenvalue weighted by molar-refractivity contribution is 6.28. The van der Waals surface area contributed by atoms with Crippen LogP contribution in [0.3, 0.4) is 0 Å². The van der Waals surface area contributed by atoms with Crippen LogP contribution in [0.1, 0.15) is 12.8 Å². The minimum atomic E-state index is 0. The van der Waals surface area contributed by atoms with E-state index in [0.717, 1.165) is 60.6 Å². The summed E-state index contributed by atoms with van der Waals surface area (Å²) in [6, 6.07) is 15.7. The Labute approximate surface area is 302 Å². The van der Waals surface area contributed by atoms with E-state index in [2.05, 4.69) is 56.7 Å². The van der Waals surface area contributed by atoms with E-state index in [4.69, 9.17) is 11.6 Å². The number of nitrogens with zero attached hydrogens (tertiary/aromatic N) is 11. The van der Waals surface area contributed by atoms with Crippen LogP contribution in [0.4, 0.5) is 46.5 Å². The monoisotopic (exact) mass is 727 g/mol. The Morgan fingerprint density at radius 3 is 1.35 bits per heavy atom. The molecule has 0 fully saturated rings. The van der Waals surface area contributed by atoms with Crippen molar-refractivity contribution in [3.8, 4) is 0 Å². The van der Waals surface area contributed by atoms with Crippen LogP contribution in [0.25, 0.3) is 0 Å². The Bertz CT molecular complexity index is 1640. The molecule has 3 heterocycles. The molecule has 0 saturated carbocycles. The van der Waals surface area contributed by atoms with Gasteiger partial charge in [-0.3, -0.25) is 0 Å². The Balaban J connectivity index is 0.00000325. The third-order valence-corrected chi connectivity index (χ3v) is 7.24. The van der Waals surface area contributed by atoms with Crippen molar-refractivity contribution >= 4 is 58.1 Å². The van der Waals surface area contributed by atoms with Gasteiger partial charge in [-0.1, -0.05) is 10.2 Å². The topological polar surface area (TPSA) is 154 Å². The first-order valence-corrected chi connectivity index (χ1v) is 15.6. The Morgan fingerprint density at radius 2 is 0.980 bits per heavy atom. The number of nitrogens with one attached hydrogen (secondary N) is 4. The maximum absolute atomic E-state index is 6.15. The molecular formula is C31H40Cl3N15. The van der Waals surface area contributed by atoms with E-state index in [1.807, 2.05) is 120 Å². The van der Waals surface area contributed by atoms with Gasteiger partial charge in [-0.05, 0) is 73.0 Å². The van der Waals surface area contributed by atoms with Crippen LogP contribution in [-0.2, 0) is 28.2 Å². The summed E-state index contributed by atoms with van der Waals surface area (Å²) in [6.45, 7) is 2.87. The minimum absolute atomic E-state index is 0. The standard InChI is InChI=1S/C31H38ClN15.2ClH/c1-44-19-20-45(2)30(44)42-40-25-11-7-23(8-12-25)33-15-5-17-35-28-37-27(32)38-29(39-28)36-18-6-16-34-24-9-13-26(14-10-24)41-43-31-46(3)21-22-47(31)4;;/h7-14,19-22H,5-6,15-18H2,1-4H3,(H2,35,36,37,38,39);2*1H. The fourth-order valence-electron chi connectivity index (χ4n) is 4.49. The Morgan fingerprint density at radius 1 is 0.592 bits per heavy atom. The first kappa shape index (κ1) is 38.6. The van der Waals surface area contributed by atoms with Gasteiger partial charge in [0.1, 0.15) is 11.4 Å². The lowest BCUT2D eigenvalue weighted by Crippen LogP contribution is -3.00. The Kier molecular flexibility index (Phi) is 15.1. The molecule has 15 nitrogen and oxygen atoms in total. The summed E-state index contributed by atoms with van der Waals surface area (Å²) in [5, 5.41) is 30.7. The highest BCUT2D eigenvalue weighted by Gasteiger charge is 2.11.